The highest BCUT2D eigenvalue weighted by Gasteiger charge is 2.17. The van der Waals surface area contributed by atoms with Crippen molar-refractivity contribution in [2.45, 2.75) is 39.1 Å². The Balaban J connectivity index is 1.82. The molecule has 1 unspecified atom stereocenters. The van der Waals surface area contributed by atoms with Crippen LogP contribution >= 0.6 is 0 Å². The zero-order chi connectivity index (χ0) is 16.7. The van der Waals surface area contributed by atoms with Gasteiger partial charge in [-0.3, -0.25) is 4.90 Å². The zero-order valence-corrected chi connectivity index (χ0v) is 13.6. The summed E-state index contributed by atoms with van der Waals surface area (Å²) in [7, 11) is 0. The summed E-state index contributed by atoms with van der Waals surface area (Å²) < 4.78 is 24.4. The first-order valence-electron chi connectivity index (χ1n) is 7.82. The Morgan fingerprint density at radius 3 is 2.65 bits per heavy atom. The quantitative estimate of drug-likeness (QED) is 0.770. The average molecular weight is 321 g/mol. The minimum atomic E-state index is -0.640. The fourth-order valence-electron chi connectivity index (χ4n) is 2.32. The Morgan fingerprint density at radius 2 is 2.00 bits per heavy atom. The molecule has 0 amide bonds. The van der Waals surface area contributed by atoms with Crippen molar-refractivity contribution in [2.24, 2.45) is 0 Å². The van der Waals surface area contributed by atoms with E-state index in [1.165, 1.54) is 6.07 Å². The Bertz CT molecular complexity index is 571. The van der Waals surface area contributed by atoms with E-state index in [2.05, 4.69) is 0 Å². The highest BCUT2D eigenvalue weighted by atomic mass is 19.1. The fraction of sp³-hybridized carbons (Fsp3) is 0.444. The summed E-state index contributed by atoms with van der Waals surface area (Å²) in [4.78, 5) is 2.03. The molecule has 0 aliphatic rings. The monoisotopic (exact) mass is 321 g/mol. The van der Waals surface area contributed by atoms with Gasteiger partial charge < -0.3 is 14.3 Å². The van der Waals surface area contributed by atoms with Gasteiger partial charge in [0.05, 0.1) is 19.0 Å². The van der Waals surface area contributed by atoms with Crippen molar-refractivity contribution in [2.75, 3.05) is 13.2 Å². The largest absolute Gasteiger partial charge is 0.467 e. The third-order valence-corrected chi connectivity index (χ3v) is 3.64. The SMILES string of the molecule is CC(C)N(Cc1ccccc1F)CC(O)COCc1ccco1. The van der Waals surface area contributed by atoms with E-state index in [1.807, 2.05) is 30.9 Å². The molecule has 1 atom stereocenters. The number of benzene rings is 1. The third-order valence-electron chi connectivity index (χ3n) is 3.64. The van der Waals surface area contributed by atoms with Crippen molar-refractivity contribution in [3.8, 4) is 0 Å². The molecule has 5 heteroatoms. The van der Waals surface area contributed by atoms with Crippen molar-refractivity contribution in [3.05, 3.63) is 59.8 Å². The van der Waals surface area contributed by atoms with Crippen LogP contribution in [0.3, 0.4) is 0 Å². The van der Waals surface area contributed by atoms with Crippen LogP contribution in [0.15, 0.2) is 47.1 Å². The van der Waals surface area contributed by atoms with Crippen LogP contribution in [0.4, 0.5) is 4.39 Å². The van der Waals surface area contributed by atoms with Gasteiger partial charge in [-0.2, -0.15) is 0 Å². The van der Waals surface area contributed by atoms with Gasteiger partial charge in [-0.15, -0.1) is 0 Å². The smallest absolute Gasteiger partial charge is 0.129 e. The second kappa shape index (κ2) is 8.82. The second-order valence-corrected chi connectivity index (χ2v) is 5.86. The molecule has 4 nitrogen and oxygen atoms in total. The van der Waals surface area contributed by atoms with Gasteiger partial charge in [0, 0.05) is 24.7 Å². The lowest BCUT2D eigenvalue weighted by molar-refractivity contribution is -0.00133. The van der Waals surface area contributed by atoms with Gasteiger partial charge >= 0.3 is 0 Å². The molecule has 0 bridgehead atoms. The van der Waals surface area contributed by atoms with E-state index in [0.717, 1.165) is 5.76 Å². The number of hydrogen-bond donors (Lipinski definition) is 1. The van der Waals surface area contributed by atoms with Crippen LogP contribution in [0, 0.1) is 5.82 Å². The lowest BCUT2D eigenvalue weighted by atomic mass is 10.1. The van der Waals surface area contributed by atoms with Crippen molar-refractivity contribution >= 4 is 0 Å². The molecular formula is C18H24FNO3. The fourth-order valence-corrected chi connectivity index (χ4v) is 2.32. The van der Waals surface area contributed by atoms with Gasteiger partial charge in [-0.25, -0.2) is 4.39 Å². The predicted molar refractivity (Wildman–Crippen MR) is 86.3 cm³/mol. The maximum atomic E-state index is 13.8. The molecule has 0 aliphatic heterocycles. The number of aliphatic hydroxyl groups excluding tert-OH is 1. The number of rotatable bonds is 9. The molecule has 1 N–H and O–H groups in total. The summed E-state index contributed by atoms with van der Waals surface area (Å²) in [6, 6.07) is 10.5. The van der Waals surface area contributed by atoms with E-state index in [-0.39, 0.29) is 18.5 Å². The standard InChI is InChI=1S/C18H24FNO3/c1-14(2)20(10-15-6-3-4-8-18(15)19)11-16(21)12-22-13-17-7-5-9-23-17/h3-9,14,16,21H,10-13H2,1-2H3. The van der Waals surface area contributed by atoms with E-state index >= 15 is 0 Å². The van der Waals surface area contributed by atoms with E-state index < -0.39 is 6.10 Å². The van der Waals surface area contributed by atoms with Crippen LogP contribution in [-0.2, 0) is 17.9 Å². The number of halogens is 1. The summed E-state index contributed by atoms with van der Waals surface area (Å²) in [6.45, 7) is 5.47. The first-order chi connectivity index (χ1) is 11.1. The van der Waals surface area contributed by atoms with Gasteiger partial charge in [0.2, 0.25) is 0 Å². The van der Waals surface area contributed by atoms with Crippen molar-refractivity contribution in [1.29, 1.82) is 0 Å². The normalized spacial score (nSPS) is 13.0. The third kappa shape index (κ3) is 5.78. The lowest BCUT2D eigenvalue weighted by Crippen LogP contribution is -2.39. The maximum Gasteiger partial charge on any atom is 0.129 e. The number of ether oxygens (including phenoxy) is 1. The predicted octanol–water partition coefficient (Wildman–Crippen LogP) is 3.21. The summed E-state index contributed by atoms with van der Waals surface area (Å²) in [5, 5.41) is 10.2. The number of nitrogens with zero attached hydrogens (tertiary/aromatic N) is 1. The van der Waals surface area contributed by atoms with Crippen LogP contribution in [-0.4, -0.2) is 35.3 Å². The summed E-state index contributed by atoms with van der Waals surface area (Å²) in [5.41, 5.74) is 0.630. The average Bonchev–Trinajstić information content (AvgIpc) is 3.02. The van der Waals surface area contributed by atoms with Crippen LogP contribution in [0.1, 0.15) is 25.2 Å². The first kappa shape index (κ1) is 17.7. The molecular weight excluding hydrogens is 297 g/mol. The van der Waals surface area contributed by atoms with Crippen LogP contribution in [0.25, 0.3) is 0 Å². The molecule has 0 fully saturated rings. The Morgan fingerprint density at radius 1 is 1.22 bits per heavy atom. The zero-order valence-electron chi connectivity index (χ0n) is 13.6. The van der Waals surface area contributed by atoms with Crippen LogP contribution < -0.4 is 0 Å². The summed E-state index contributed by atoms with van der Waals surface area (Å²) in [5.74, 6) is 0.506. The summed E-state index contributed by atoms with van der Waals surface area (Å²) >= 11 is 0. The van der Waals surface area contributed by atoms with Gasteiger partial charge in [0.25, 0.3) is 0 Å². The summed E-state index contributed by atoms with van der Waals surface area (Å²) in [6.07, 6.45) is 0.948. The molecule has 0 radical (unpaired) electrons. The molecule has 0 saturated carbocycles. The molecule has 126 valence electrons. The molecule has 1 aromatic heterocycles. The molecule has 2 rings (SSSR count). The topological polar surface area (TPSA) is 45.8 Å². The van der Waals surface area contributed by atoms with Gasteiger partial charge in [0.1, 0.15) is 18.2 Å². The van der Waals surface area contributed by atoms with Gasteiger partial charge in [-0.05, 0) is 32.0 Å². The molecule has 0 saturated heterocycles. The highest BCUT2D eigenvalue weighted by Crippen LogP contribution is 2.13. The van der Waals surface area contributed by atoms with E-state index in [9.17, 15) is 9.50 Å². The molecule has 2 aromatic rings. The maximum absolute atomic E-state index is 13.8. The van der Waals surface area contributed by atoms with Gasteiger partial charge in [-0.1, -0.05) is 18.2 Å². The van der Waals surface area contributed by atoms with E-state index in [4.69, 9.17) is 9.15 Å². The first-order valence-corrected chi connectivity index (χ1v) is 7.82. The van der Waals surface area contributed by atoms with Crippen LogP contribution in [0.5, 0.6) is 0 Å². The van der Waals surface area contributed by atoms with Crippen molar-refractivity contribution < 1.29 is 18.7 Å². The second-order valence-electron chi connectivity index (χ2n) is 5.86. The number of furan rings is 1. The molecule has 0 aliphatic carbocycles. The van der Waals surface area contributed by atoms with E-state index in [0.29, 0.717) is 25.3 Å². The minimum Gasteiger partial charge on any atom is -0.467 e. The van der Waals surface area contributed by atoms with Crippen molar-refractivity contribution in [1.82, 2.24) is 4.90 Å². The van der Waals surface area contributed by atoms with Crippen molar-refractivity contribution in [3.63, 3.8) is 0 Å². The Kier molecular flexibility index (Phi) is 6.77. The minimum absolute atomic E-state index is 0.189. The molecule has 1 heterocycles. The van der Waals surface area contributed by atoms with Crippen LogP contribution in [0.2, 0.25) is 0 Å². The van der Waals surface area contributed by atoms with E-state index in [1.54, 1.807) is 24.5 Å². The molecule has 1 aromatic carbocycles. The Labute approximate surface area is 136 Å². The number of aliphatic hydroxyl groups is 1. The number of hydrogen-bond acceptors (Lipinski definition) is 4. The van der Waals surface area contributed by atoms with Gasteiger partial charge in [0.15, 0.2) is 0 Å². The highest BCUT2D eigenvalue weighted by molar-refractivity contribution is 5.17. The molecule has 23 heavy (non-hydrogen) atoms. The molecule has 0 spiro atoms. The lowest BCUT2D eigenvalue weighted by Gasteiger charge is -2.28. The Hall–Kier alpha value is -1.69.